The van der Waals surface area contributed by atoms with E-state index < -0.39 is 0 Å². The van der Waals surface area contributed by atoms with Crippen LogP contribution in [0.3, 0.4) is 0 Å². The Hall–Kier alpha value is -1.87. The Kier molecular flexibility index (Phi) is 6.19. The summed E-state index contributed by atoms with van der Waals surface area (Å²) in [7, 11) is 0. The van der Waals surface area contributed by atoms with Gasteiger partial charge < -0.3 is 4.90 Å². The molecule has 6 rings (SSSR count). The zero-order valence-corrected chi connectivity index (χ0v) is 21.8. The van der Waals surface area contributed by atoms with Crippen LogP contribution >= 0.6 is 11.6 Å². The highest BCUT2D eigenvalue weighted by molar-refractivity contribution is 6.28. The van der Waals surface area contributed by atoms with Crippen molar-refractivity contribution in [3.05, 3.63) is 52.6 Å². The normalized spacial score (nSPS) is 34.7. The number of hydrogen-bond acceptors (Lipinski definition) is 3. The van der Waals surface area contributed by atoms with Crippen LogP contribution in [-0.4, -0.2) is 30.5 Å². The van der Waals surface area contributed by atoms with Crippen LogP contribution in [0.2, 0.25) is 0 Å². The van der Waals surface area contributed by atoms with Gasteiger partial charge in [-0.15, -0.1) is 11.6 Å². The molecule has 0 radical (unpaired) electrons. The molecule has 1 aromatic carbocycles. The minimum absolute atomic E-state index is 0.0575. The number of benzene rings is 1. The molecule has 3 nitrogen and oxygen atoms in total. The van der Waals surface area contributed by atoms with Crippen molar-refractivity contribution in [2.24, 2.45) is 23.2 Å². The number of rotatable bonds is 4. The van der Waals surface area contributed by atoms with Gasteiger partial charge in [0.2, 0.25) is 0 Å². The SMILES string of the molecule is C[C@]12CCC3=C4CC(c5ccc(N6CCCCC6)cc5)C(=O)C=C4CC[C@H]3[C@@H]1CC[C@@H]2C(=O)CCl. The lowest BCUT2D eigenvalue weighted by Crippen LogP contribution is -2.42. The molecule has 4 heteroatoms. The second-order valence-electron chi connectivity index (χ2n) is 12.0. The van der Waals surface area contributed by atoms with Crippen LogP contribution in [0.5, 0.6) is 0 Å². The second kappa shape index (κ2) is 9.21. The Bertz CT molecular complexity index is 1080. The first-order valence-corrected chi connectivity index (χ1v) is 14.4. The zero-order chi connectivity index (χ0) is 24.2. The number of piperidine rings is 1. The van der Waals surface area contributed by atoms with Gasteiger partial charge in [-0.05, 0) is 116 Å². The minimum Gasteiger partial charge on any atom is -0.372 e. The molecular weight excluding hydrogens is 454 g/mol. The van der Waals surface area contributed by atoms with Gasteiger partial charge in [0.1, 0.15) is 0 Å². The van der Waals surface area contributed by atoms with Crippen molar-refractivity contribution in [3.63, 3.8) is 0 Å². The molecule has 5 aliphatic rings. The van der Waals surface area contributed by atoms with E-state index in [0.717, 1.165) is 63.6 Å². The minimum atomic E-state index is -0.0575. The fourth-order valence-corrected chi connectivity index (χ4v) is 8.69. The van der Waals surface area contributed by atoms with E-state index in [1.807, 2.05) is 6.08 Å². The van der Waals surface area contributed by atoms with Gasteiger partial charge in [0, 0.05) is 24.7 Å². The van der Waals surface area contributed by atoms with Crippen LogP contribution in [0.15, 0.2) is 47.1 Å². The predicted molar refractivity (Wildman–Crippen MR) is 142 cm³/mol. The van der Waals surface area contributed by atoms with Crippen molar-refractivity contribution in [2.75, 3.05) is 23.9 Å². The average Bonchev–Trinajstić information content (AvgIpc) is 3.25. The van der Waals surface area contributed by atoms with Crippen molar-refractivity contribution in [1.29, 1.82) is 0 Å². The first kappa shape index (κ1) is 23.5. The summed E-state index contributed by atoms with van der Waals surface area (Å²) in [6.07, 6.45) is 13.2. The monoisotopic (exact) mass is 491 g/mol. The lowest BCUT2D eigenvalue weighted by atomic mass is 9.55. The Balaban J connectivity index is 1.26. The summed E-state index contributed by atoms with van der Waals surface area (Å²) in [6.45, 7) is 4.65. The number of anilines is 1. The number of ketones is 2. The van der Waals surface area contributed by atoms with E-state index >= 15 is 0 Å². The molecule has 3 fully saturated rings. The molecule has 0 spiro atoms. The summed E-state index contributed by atoms with van der Waals surface area (Å²) in [6, 6.07) is 8.86. The standard InChI is InChI=1S/C31H38ClNO2/c1-31-14-13-23-24(27(31)11-12-28(31)30(35)19-32)10-7-21-17-29(34)26(18-25(21)23)20-5-8-22(9-6-20)33-15-3-2-4-16-33/h5-6,8-9,17,24,26-28H,2-4,7,10-16,18-19H2,1H3/t24-,26?,27+,28-,31+/m1/s1. The number of carbonyl (C=O) groups is 2. The highest BCUT2D eigenvalue weighted by Gasteiger charge is 2.55. The van der Waals surface area contributed by atoms with Crippen molar-refractivity contribution in [1.82, 2.24) is 0 Å². The van der Waals surface area contributed by atoms with Crippen LogP contribution in [0.25, 0.3) is 0 Å². The molecule has 1 aromatic rings. The van der Waals surface area contributed by atoms with E-state index in [9.17, 15) is 9.59 Å². The summed E-state index contributed by atoms with van der Waals surface area (Å²) in [4.78, 5) is 28.3. The summed E-state index contributed by atoms with van der Waals surface area (Å²) >= 11 is 5.99. The molecule has 186 valence electrons. The lowest BCUT2D eigenvalue weighted by molar-refractivity contribution is -0.124. The van der Waals surface area contributed by atoms with E-state index in [1.54, 1.807) is 5.57 Å². The van der Waals surface area contributed by atoms with Gasteiger partial charge in [-0.1, -0.05) is 24.6 Å². The number of alkyl halides is 1. The van der Waals surface area contributed by atoms with Crippen LogP contribution in [0, 0.1) is 23.2 Å². The summed E-state index contributed by atoms with van der Waals surface area (Å²) in [5, 5.41) is 0. The predicted octanol–water partition coefficient (Wildman–Crippen LogP) is 7.00. The van der Waals surface area contributed by atoms with E-state index in [-0.39, 0.29) is 34.7 Å². The molecule has 1 unspecified atom stereocenters. The van der Waals surface area contributed by atoms with Gasteiger partial charge in [-0.25, -0.2) is 0 Å². The number of carbonyl (C=O) groups excluding carboxylic acids is 2. The third-order valence-corrected chi connectivity index (χ3v) is 10.6. The molecule has 0 amide bonds. The Labute approximate surface area is 215 Å². The van der Waals surface area contributed by atoms with Crippen molar-refractivity contribution in [3.8, 4) is 0 Å². The number of allylic oxidation sites excluding steroid dienone is 4. The van der Waals surface area contributed by atoms with Crippen molar-refractivity contribution < 1.29 is 9.59 Å². The van der Waals surface area contributed by atoms with Crippen molar-refractivity contribution in [2.45, 2.75) is 77.0 Å². The topological polar surface area (TPSA) is 37.4 Å². The van der Waals surface area contributed by atoms with Crippen LogP contribution in [0.1, 0.15) is 82.6 Å². The summed E-state index contributed by atoms with van der Waals surface area (Å²) in [5.41, 5.74) is 6.96. The molecule has 4 aliphatic carbocycles. The average molecular weight is 492 g/mol. The van der Waals surface area contributed by atoms with Crippen LogP contribution in [-0.2, 0) is 9.59 Å². The van der Waals surface area contributed by atoms with Crippen molar-refractivity contribution >= 4 is 28.9 Å². The first-order chi connectivity index (χ1) is 17.0. The third kappa shape index (κ3) is 3.93. The maximum absolute atomic E-state index is 13.2. The van der Waals surface area contributed by atoms with Crippen LogP contribution in [0.4, 0.5) is 5.69 Å². The maximum atomic E-state index is 13.2. The highest BCUT2D eigenvalue weighted by Crippen LogP contribution is 2.62. The number of fused-ring (bicyclic) bond motifs is 4. The molecule has 0 N–H and O–H groups in total. The maximum Gasteiger partial charge on any atom is 0.163 e. The summed E-state index contributed by atoms with van der Waals surface area (Å²) < 4.78 is 0. The van der Waals surface area contributed by atoms with Gasteiger partial charge >= 0.3 is 0 Å². The fourth-order valence-electron chi connectivity index (χ4n) is 8.51. The van der Waals surface area contributed by atoms with E-state index in [4.69, 9.17) is 11.6 Å². The number of hydrogen-bond donors (Lipinski definition) is 0. The smallest absolute Gasteiger partial charge is 0.163 e. The lowest BCUT2D eigenvalue weighted by Gasteiger charge is -2.49. The molecule has 0 bridgehead atoms. The van der Waals surface area contributed by atoms with Crippen LogP contribution < -0.4 is 4.90 Å². The number of nitrogens with zero attached hydrogens (tertiary/aromatic N) is 1. The number of halogens is 1. The molecule has 0 aromatic heterocycles. The van der Waals surface area contributed by atoms with Gasteiger partial charge in [-0.3, -0.25) is 9.59 Å². The molecule has 35 heavy (non-hydrogen) atoms. The molecule has 1 heterocycles. The molecule has 1 saturated heterocycles. The largest absolute Gasteiger partial charge is 0.372 e. The molecule has 5 atom stereocenters. The third-order valence-electron chi connectivity index (χ3n) is 10.4. The quantitative estimate of drug-likeness (QED) is 0.425. The van der Waals surface area contributed by atoms with Gasteiger partial charge in [0.25, 0.3) is 0 Å². The second-order valence-corrected chi connectivity index (χ2v) is 12.2. The summed E-state index contributed by atoms with van der Waals surface area (Å²) in [5.74, 6) is 1.91. The zero-order valence-electron chi connectivity index (χ0n) is 21.0. The molecule has 2 saturated carbocycles. The van der Waals surface area contributed by atoms with Gasteiger partial charge in [-0.2, -0.15) is 0 Å². The molecule has 1 aliphatic heterocycles. The van der Waals surface area contributed by atoms with Gasteiger partial charge in [0.05, 0.1) is 11.8 Å². The molecular formula is C31H38ClNO2. The highest BCUT2D eigenvalue weighted by atomic mass is 35.5. The van der Waals surface area contributed by atoms with Gasteiger partial charge in [0.15, 0.2) is 11.6 Å². The van der Waals surface area contributed by atoms with E-state index in [1.165, 1.54) is 36.1 Å². The fraction of sp³-hybridized carbons (Fsp3) is 0.613. The Morgan fingerprint density at radius 1 is 1.06 bits per heavy atom. The number of Topliss-reactive ketones (excluding diaryl/α,β-unsaturated/α-hetero) is 1. The first-order valence-electron chi connectivity index (χ1n) is 13.9. The van der Waals surface area contributed by atoms with E-state index in [2.05, 4.69) is 36.1 Å². The van der Waals surface area contributed by atoms with E-state index in [0.29, 0.717) is 11.8 Å². The Morgan fingerprint density at radius 3 is 2.57 bits per heavy atom. The Morgan fingerprint density at radius 2 is 1.83 bits per heavy atom.